The maximum Gasteiger partial charge on any atom is 0.206 e. The van der Waals surface area contributed by atoms with Gasteiger partial charge in [-0.1, -0.05) is 18.1 Å². The molecular formula is C25H26N10O. The van der Waals surface area contributed by atoms with Gasteiger partial charge in [0.05, 0.1) is 11.4 Å². The third-order valence-corrected chi connectivity index (χ3v) is 6.12. The molecule has 0 amide bonds. The van der Waals surface area contributed by atoms with Crippen LogP contribution in [-0.4, -0.2) is 65.7 Å². The van der Waals surface area contributed by atoms with E-state index in [4.69, 9.17) is 5.73 Å². The predicted molar refractivity (Wildman–Crippen MR) is 136 cm³/mol. The topological polar surface area (TPSA) is 135 Å². The fourth-order valence-corrected chi connectivity index (χ4v) is 4.19. The number of nitrogens with zero attached hydrogens (tertiary/aromatic N) is 9. The second kappa shape index (κ2) is 10.3. The van der Waals surface area contributed by atoms with Crippen molar-refractivity contribution >= 4 is 17.3 Å². The number of aromatic hydroxyl groups is 1. The first kappa shape index (κ1) is 23.0. The molecule has 11 heteroatoms. The van der Waals surface area contributed by atoms with Gasteiger partial charge in [0.25, 0.3) is 0 Å². The molecule has 11 nitrogen and oxygen atoms in total. The van der Waals surface area contributed by atoms with Crippen molar-refractivity contribution in [3.63, 3.8) is 0 Å². The summed E-state index contributed by atoms with van der Waals surface area (Å²) >= 11 is 0. The smallest absolute Gasteiger partial charge is 0.206 e. The molecule has 3 aromatic heterocycles. The summed E-state index contributed by atoms with van der Waals surface area (Å²) in [7, 11) is 0. The van der Waals surface area contributed by atoms with E-state index >= 15 is 0 Å². The summed E-state index contributed by atoms with van der Waals surface area (Å²) in [6, 6.07) is 11.1. The summed E-state index contributed by atoms with van der Waals surface area (Å²) in [4.78, 5) is 17.4. The molecule has 3 N–H and O–H groups in total. The van der Waals surface area contributed by atoms with E-state index in [0.29, 0.717) is 29.4 Å². The predicted octanol–water partition coefficient (Wildman–Crippen LogP) is 1.97. The van der Waals surface area contributed by atoms with Gasteiger partial charge in [-0.15, -0.1) is 10.2 Å². The van der Waals surface area contributed by atoms with Gasteiger partial charge in [-0.05, 0) is 43.5 Å². The molecule has 0 spiro atoms. The molecule has 0 saturated carbocycles. The van der Waals surface area contributed by atoms with Crippen LogP contribution in [0.4, 0.5) is 17.3 Å². The van der Waals surface area contributed by atoms with Crippen LogP contribution < -0.4 is 15.5 Å². The lowest BCUT2D eigenvalue weighted by atomic mass is 10.1. The lowest BCUT2D eigenvalue weighted by Gasteiger charge is -2.28. The quantitative estimate of drug-likeness (QED) is 0.416. The minimum Gasteiger partial charge on any atom is -0.507 e. The Labute approximate surface area is 208 Å². The van der Waals surface area contributed by atoms with Gasteiger partial charge in [0.15, 0.2) is 5.82 Å². The van der Waals surface area contributed by atoms with Crippen molar-refractivity contribution in [2.75, 3.05) is 35.2 Å². The molecule has 4 aromatic rings. The summed E-state index contributed by atoms with van der Waals surface area (Å²) in [5, 5.41) is 22.7. The Bertz CT molecular complexity index is 1400. The number of phenolic OH excluding ortho intramolecular Hbond substituents is 1. The Morgan fingerprint density at radius 1 is 1.14 bits per heavy atom. The van der Waals surface area contributed by atoms with Crippen molar-refractivity contribution in [1.82, 2.24) is 34.9 Å². The van der Waals surface area contributed by atoms with Crippen LogP contribution in [-0.2, 0) is 6.54 Å². The average Bonchev–Trinajstić information content (AvgIpc) is 3.33. The summed E-state index contributed by atoms with van der Waals surface area (Å²) < 4.78 is 1.65. The number of benzene rings is 1. The van der Waals surface area contributed by atoms with E-state index in [2.05, 4.69) is 58.8 Å². The van der Waals surface area contributed by atoms with Gasteiger partial charge in [-0.3, -0.25) is 0 Å². The highest BCUT2D eigenvalue weighted by molar-refractivity contribution is 5.74. The van der Waals surface area contributed by atoms with Gasteiger partial charge in [0.1, 0.15) is 30.8 Å². The summed E-state index contributed by atoms with van der Waals surface area (Å²) in [6.45, 7) is 4.86. The first-order valence-corrected chi connectivity index (χ1v) is 11.7. The highest BCUT2D eigenvalue weighted by Crippen LogP contribution is 2.32. The van der Waals surface area contributed by atoms with Crippen molar-refractivity contribution in [1.29, 1.82) is 0 Å². The maximum atomic E-state index is 10.3. The van der Waals surface area contributed by atoms with Crippen molar-refractivity contribution in [3.05, 3.63) is 61.1 Å². The van der Waals surface area contributed by atoms with Crippen LogP contribution in [0, 0.1) is 11.8 Å². The zero-order valence-corrected chi connectivity index (χ0v) is 19.9. The molecule has 0 radical (unpaired) electrons. The largest absolute Gasteiger partial charge is 0.507 e. The fraction of sp³-hybridized carbons (Fsp3) is 0.280. The van der Waals surface area contributed by atoms with E-state index in [0.717, 1.165) is 37.6 Å². The Balaban J connectivity index is 1.33. The van der Waals surface area contributed by atoms with Gasteiger partial charge >= 0.3 is 0 Å². The Morgan fingerprint density at radius 2 is 2.03 bits per heavy atom. The highest BCUT2D eigenvalue weighted by Gasteiger charge is 2.24. The zero-order valence-electron chi connectivity index (χ0n) is 19.9. The third kappa shape index (κ3) is 5.02. The van der Waals surface area contributed by atoms with Crippen LogP contribution in [0.25, 0.3) is 11.3 Å². The molecule has 1 aliphatic rings. The second-order valence-electron chi connectivity index (χ2n) is 8.47. The molecule has 0 bridgehead atoms. The van der Waals surface area contributed by atoms with Crippen LogP contribution in [0.1, 0.15) is 19.2 Å². The van der Waals surface area contributed by atoms with Gasteiger partial charge in [0.2, 0.25) is 5.82 Å². The normalized spacial score (nSPS) is 15.8. The standard InChI is InChI=1S/C25H26N10O/c1-18-9-12-33(21-15-20(31-32-25(21)26)19-5-2-3-6-22(19)36)13-14-35(18)24-8-10-28-23(30-24)7-4-11-34-17-27-16-29-34/h2-3,5-6,8,10,15-18,36H,9,11-14H2,1H3,(H2,26,32)/t18-/m1/s1. The molecule has 0 aliphatic carbocycles. The molecule has 4 heterocycles. The van der Waals surface area contributed by atoms with Crippen LogP contribution >= 0.6 is 0 Å². The molecular weight excluding hydrogens is 456 g/mol. The molecule has 5 rings (SSSR count). The summed E-state index contributed by atoms with van der Waals surface area (Å²) in [5.74, 6) is 7.86. The van der Waals surface area contributed by atoms with E-state index in [1.807, 2.05) is 24.3 Å². The Morgan fingerprint density at radius 3 is 2.86 bits per heavy atom. The van der Waals surface area contributed by atoms with Crippen LogP contribution in [0.5, 0.6) is 5.75 Å². The monoisotopic (exact) mass is 482 g/mol. The first-order chi connectivity index (χ1) is 17.6. The maximum absolute atomic E-state index is 10.3. The second-order valence-corrected chi connectivity index (χ2v) is 8.47. The lowest BCUT2D eigenvalue weighted by Crippen LogP contribution is -2.35. The molecule has 0 unspecified atom stereocenters. The molecule has 1 saturated heterocycles. The van der Waals surface area contributed by atoms with Crippen molar-refractivity contribution in [3.8, 4) is 28.8 Å². The Hall–Kier alpha value is -4.72. The van der Waals surface area contributed by atoms with E-state index < -0.39 is 0 Å². The average molecular weight is 483 g/mol. The number of anilines is 3. The number of hydrogen-bond acceptors (Lipinski definition) is 10. The van der Waals surface area contributed by atoms with Crippen LogP contribution in [0.3, 0.4) is 0 Å². The fourth-order valence-electron chi connectivity index (χ4n) is 4.19. The van der Waals surface area contributed by atoms with Gasteiger partial charge < -0.3 is 20.6 Å². The number of hydrogen-bond donors (Lipinski definition) is 2. The molecule has 1 fully saturated rings. The van der Waals surface area contributed by atoms with E-state index in [1.165, 1.54) is 6.33 Å². The number of para-hydroxylation sites is 1. The summed E-state index contributed by atoms with van der Waals surface area (Å²) in [6.07, 6.45) is 5.73. The highest BCUT2D eigenvalue weighted by atomic mass is 16.3. The van der Waals surface area contributed by atoms with E-state index in [1.54, 1.807) is 29.3 Å². The van der Waals surface area contributed by atoms with Crippen molar-refractivity contribution in [2.24, 2.45) is 0 Å². The molecule has 1 aliphatic heterocycles. The van der Waals surface area contributed by atoms with Crippen LogP contribution in [0.2, 0.25) is 0 Å². The van der Waals surface area contributed by atoms with E-state index in [9.17, 15) is 5.11 Å². The van der Waals surface area contributed by atoms with Gasteiger partial charge in [-0.25, -0.2) is 19.6 Å². The molecule has 36 heavy (non-hydrogen) atoms. The number of phenols is 1. The van der Waals surface area contributed by atoms with E-state index in [-0.39, 0.29) is 11.8 Å². The molecule has 1 aromatic carbocycles. The third-order valence-electron chi connectivity index (χ3n) is 6.12. The minimum atomic E-state index is 0.155. The van der Waals surface area contributed by atoms with Crippen molar-refractivity contribution < 1.29 is 5.11 Å². The first-order valence-electron chi connectivity index (χ1n) is 11.7. The SMILES string of the molecule is C[C@@H]1CCN(c2cc(-c3ccccc3O)nnc2N)CCN1c1ccnc(C#CCn2cncn2)n1. The number of nitrogens with two attached hydrogens (primary N) is 1. The molecule has 1 atom stereocenters. The van der Waals surface area contributed by atoms with Gasteiger partial charge in [-0.2, -0.15) is 5.10 Å². The van der Waals surface area contributed by atoms with Crippen LogP contribution in [0.15, 0.2) is 55.2 Å². The van der Waals surface area contributed by atoms with Crippen molar-refractivity contribution in [2.45, 2.75) is 25.9 Å². The lowest BCUT2D eigenvalue weighted by molar-refractivity contribution is 0.477. The molecule has 182 valence electrons. The number of rotatable bonds is 4. The van der Waals surface area contributed by atoms with Gasteiger partial charge in [0, 0.05) is 37.4 Å². The summed E-state index contributed by atoms with van der Waals surface area (Å²) in [5.41, 5.74) is 8.24. The zero-order chi connectivity index (χ0) is 24.9. The number of aromatic nitrogens is 7. The minimum absolute atomic E-state index is 0.155. The Kier molecular flexibility index (Phi) is 6.57. The number of nitrogen functional groups attached to an aromatic ring is 1.